The zero-order valence-electron chi connectivity index (χ0n) is 17.9. The van der Waals surface area contributed by atoms with E-state index in [1.54, 1.807) is 0 Å². The van der Waals surface area contributed by atoms with E-state index in [9.17, 15) is 40.9 Å². The minimum atomic E-state index is -5.01. The Balaban J connectivity index is 0.00000363. The van der Waals surface area contributed by atoms with Crippen molar-refractivity contribution < 1.29 is 130 Å². The van der Waals surface area contributed by atoms with Crippen molar-refractivity contribution >= 4 is 37.6 Å². The second kappa shape index (κ2) is 13.0. The van der Waals surface area contributed by atoms with Crippen LogP contribution in [0.4, 0.5) is 11.4 Å². The normalized spacial score (nSPS) is 11.2. The van der Waals surface area contributed by atoms with E-state index in [1.165, 1.54) is 12.1 Å². The van der Waals surface area contributed by atoms with Crippen molar-refractivity contribution in [2.24, 2.45) is 10.2 Å². The summed E-state index contributed by atoms with van der Waals surface area (Å²) in [5.41, 5.74) is -2.10. The van der Waals surface area contributed by atoms with Gasteiger partial charge in [-0.2, -0.15) is 14.9 Å². The van der Waals surface area contributed by atoms with Crippen LogP contribution in [0.25, 0.3) is 5.69 Å². The van der Waals surface area contributed by atoms with Crippen LogP contribution in [0.15, 0.2) is 68.6 Å². The quantitative estimate of drug-likeness (QED) is 0.179. The summed E-state index contributed by atoms with van der Waals surface area (Å²) in [6, 6.07) is 8.65. The molecule has 34 heavy (non-hydrogen) atoms. The summed E-state index contributed by atoms with van der Waals surface area (Å²) in [7, 11) is -9.70. The number of carboxylic acid groups (broad SMARTS) is 1. The molecule has 0 aliphatic rings. The van der Waals surface area contributed by atoms with Crippen LogP contribution in [0.3, 0.4) is 0 Å². The van der Waals surface area contributed by atoms with E-state index in [0.717, 1.165) is 36.4 Å². The van der Waals surface area contributed by atoms with Crippen molar-refractivity contribution in [3.05, 3.63) is 54.2 Å². The Bertz CT molecular complexity index is 1420. The molecule has 18 heteroatoms. The molecule has 0 radical (unpaired) electrons. The molecule has 0 fully saturated rings. The third kappa shape index (κ3) is 7.67. The van der Waals surface area contributed by atoms with Gasteiger partial charge in [-0.15, -0.1) is 5.11 Å². The van der Waals surface area contributed by atoms with Crippen LogP contribution >= 0.6 is 0 Å². The maximum atomic E-state index is 11.5. The van der Waals surface area contributed by atoms with Crippen molar-refractivity contribution in [1.82, 2.24) is 9.78 Å². The maximum absolute atomic E-state index is 11.5. The summed E-state index contributed by atoms with van der Waals surface area (Å²) in [4.78, 5) is 10.1. The van der Waals surface area contributed by atoms with E-state index in [1.807, 2.05) is 0 Å². The molecule has 2 aromatic carbocycles. The summed E-state index contributed by atoms with van der Waals surface area (Å²) in [5, 5.41) is 32.5. The number of carboxylic acids is 1. The minimum absolute atomic E-state index is 0. The van der Waals surface area contributed by atoms with E-state index in [-0.39, 0.29) is 94.4 Å². The Labute approximate surface area is 259 Å². The van der Waals surface area contributed by atoms with E-state index < -0.39 is 58.9 Å². The number of aromatic hydroxyl groups is 1. The van der Waals surface area contributed by atoms with Crippen molar-refractivity contribution in [2.45, 2.75) is 9.79 Å². The Hall–Kier alpha value is -0.660. The standard InChI is InChI=1S/C16H12N4O9S2.3Na/c21-15-13(18-17-9-5-7-10(8-6-9)30(24,25)26)14(16(22)23)19-20(15)11-3-1-2-4-12(11)31(27,28)29;;;/h1-8,21H,(H,22,23)(H,24,25,26)(H,27,28,29);;;/q;3*+1/p-3. The molecule has 0 aliphatic heterocycles. The number of aromatic nitrogens is 2. The molecule has 1 heterocycles. The summed E-state index contributed by atoms with van der Waals surface area (Å²) >= 11 is 0. The fourth-order valence-electron chi connectivity index (χ4n) is 2.43. The Morgan fingerprint density at radius 2 is 1.44 bits per heavy atom. The van der Waals surface area contributed by atoms with Crippen LogP contribution in [0.1, 0.15) is 10.5 Å². The molecule has 3 aromatic rings. The zero-order chi connectivity index (χ0) is 23.0. The van der Waals surface area contributed by atoms with Crippen LogP contribution in [0, 0.1) is 0 Å². The number of carbonyl (C=O) groups excluding carboxylic acids is 1. The molecule has 162 valence electrons. The number of hydrogen-bond acceptors (Lipinski definition) is 12. The molecule has 0 aliphatic carbocycles. The van der Waals surface area contributed by atoms with Crippen LogP contribution in [0.2, 0.25) is 0 Å². The van der Waals surface area contributed by atoms with Crippen molar-refractivity contribution in [2.75, 3.05) is 0 Å². The van der Waals surface area contributed by atoms with Gasteiger partial charge in [0.25, 0.3) is 0 Å². The van der Waals surface area contributed by atoms with Gasteiger partial charge in [0.15, 0.2) is 5.69 Å². The molecular formula is C16H9N4Na3O9S2. The predicted molar refractivity (Wildman–Crippen MR) is 96.1 cm³/mol. The topological polar surface area (TPSA) is 217 Å². The van der Waals surface area contributed by atoms with Gasteiger partial charge in [0.1, 0.15) is 25.9 Å². The van der Waals surface area contributed by atoms with Crippen molar-refractivity contribution in [1.29, 1.82) is 0 Å². The number of hydrogen-bond donors (Lipinski definition) is 1. The average molecular weight is 534 g/mol. The van der Waals surface area contributed by atoms with Crippen molar-refractivity contribution in [3.8, 4) is 11.6 Å². The number of rotatable bonds is 6. The number of azo groups is 1. The molecule has 13 nitrogen and oxygen atoms in total. The van der Waals surface area contributed by atoms with Gasteiger partial charge < -0.3 is 24.1 Å². The molecule has 3 rings (SSSR count). The van der Waals surface area contributed by atoms with Gasteiger partial charge in [0, 0.05) is 0 Å². The van der Waals surface area contributed by atoms with Gasteiger partial charge in [-0.1, -0.05) is 12.1 Å². The molecular weight excluding hydrogens is 525 g/mol. The first-order valence-electron chi connectivity index (χ1n) is 7.96. The second-order valence-electron chi connectivity index (χ2n) is 5.79. The van der Waals surface area contributed by atoms with Crippen molar-refractivity contribution in [3.63, 3.8) is 0 Å². The molecule has 0 saturated carbocycles. The zero-order valence-corrected chi connectivity index (χ0v) is 25.6. The Kier molecular flexibility index (Phi) is 12.8. The average Bonchev–Trinajstić information content (AvgIpc) is 3.02. The molecule has 1 N–H and O–H groups in total. The van der Waals surface area contributed by atoms with Crippen LogP contribution in [-0.2, 0) is 20.2 Å². The summed E-state index contributed by atoms with van der Waals surface area (Å²) < 4.78 is 67.6. The molecule has 0 amide bonds. The molecule has 0 atom stereocenters. The van der Waals surface area contributed by atoms with Gasteiger partial charge in [-0.3, -0.25) is 0 Å². The van der Waals surface area contributed by atoms with Gasteiger partial charge in [0.2, 0.25) is 5.88 Å². The number of para-hydroxylation sites is 1. The first kappa shape index (κ1) is 33.3. The number of benzene rings is 2. The molecule has 0 spiro atoms. The first-order valence-corrected chi connectivity index (χ1v) is 10.8. The monoisotopic (exact) mass is 534 g/mol. The van der Waals surface area contributed by atoms with Crippen LogP contribution in [-0.4, -0.2) is 46.8 Å². The smallest absolute Gasteiger partial charge is 0.744 e. The largest absolute Gasteiger partial charge is 1.00 e. The van der Waals surface area contributed by atoms with E-state index in [0.29, 0.717) is 4.68 Å². The molecule has 0 unspecified atom stereocenters. The Morgan fingerprint density at radius 1 is 0.882 bits per heavy atom. The van der Waals surface area contributed by atoms with Gasteiger partial charge in [-0.25, -0.2) is 16.8 Å². The maximum Gasteiger partial charge on any atom is 1.00 e. The number of carbonyl (C=O) groups is 1. The Morgan fingerprint density at radius 3 is 1.94 bits per heavy atom. The number of aromatic carboxylic acids is 1. The van der Waals surface area contributed by atoms with Crippen LogP contribution in [0.5, 0.6) is 5.88 Å². The molecule has 0 bridgehead atoms. The third-order valence-electron chi connectivity index (χ3n) is 3.78. The van der Waals surface area contributed by atoms with Gasteiger partial charge >= 0.3 is 88.7 Å². The SMILES string of the molecule is O=C([O-])c1nn(-c2ccccc2S(=O)(=O)[O-])c(O)c1N=Nc1ccc(S(=O)(=O)[O-])cc1.[Na+].[Na+].[Na+]. The van der Waals surface area contributed by atoms with Gasteiger partial charge in [0.05, 0.1) is 27.1 Å². The summed E-state index contributed by atoms with van der Waals surface area (Å²) in [5.74, 6) is -2.85. The fraction of sp³-hybridized carbons (Fsp3) is 0. The minimum Gasteiger partial charge on any atom is -0.744 e. The summed E-state index contributed by atoms with van der Waals surface area (Å²) in [6.45, 7) is 0. The van der Waals surface area contributed by atoms with Gasteiger partial charge in [-0.05, 0) is 36.4 Å². The summed E-state index contributed by atoms with van der Waals surface area (Å²) in [6.07, 6.45) is 0. The third-order valence-corrected chi connectivity index (χ3v) is 5.52. The predicted octanol–water partition coefficient (Wildman–Crippen LogP) is -8.82. The van der Waals surface area contributed by atoms with Crippen LogP contribution < -0.4 is 93.8 Å². The fourth-order valence-corrected chi connectivity index (χ4v) is 3.55. The second-order valence-corrected chi connectivity index (χ2v) is 8.52. The van der Waals surface area contributed by atoms with E-state index in [2.05, 4.69) is 15.3 Å². The molecule has 0 saturated heterocycles. The first-order chi connectivity index (χ1) is 14.4. The molecule has 1 aromatic heterocycles. The van der Waals surface area contributed by atoms with E-state index in [4.69, 9.17) is 0 Å². The number of nitrogens with zero attached hydrogens (tertiary/aromatic N) is 4. The van der Waals surface area contributed by atoms with E-state index >= 15 is 0 Å².